The van der Waals surface area contributed by atoms with E-state index in [1.807, 2.05) is 30.3 Å². The third-order valence-electron chi connectivity index (χ3n) is 2.48. The van der Waals surface area contributed by atoms with Crippen molar-refractivity contribution >= 4 is 23.1 Å². The van der Waals surface area contributed by atoms with Crippen LogP contribution in [0.4, 0.5) is 0 Å². The Kier molecular flexibility index (Phi) is 6.32. The first kappa shape index (κ1) is 14.6. The van der Waals surface area contributed by atoms with Crippen LogP contribution in [0.15, 0.2) is 30.3 Å². The van der Waals surface area contributed by atoms with Gasteiger partial charge >= 0.3 is 0 Å². The molecule has 1 unspecified atom stereocenters. The maximum Gasteiger partial charge on any atom is 0.253 e. The van der Waals surface area contributed by atoms with Gasteiger partial charge in [-0.05, 0) is 18.4 Å². The van der Waals surface area contributed by atoms with Gasteiger partial charge in [-0.3, -0.25) is 4.79 Å². The molecule has 1 aromatic rings. The van der Waals surface area contributed by atoms with Crippen LogP contribution >= 0.6 is 12.2 Å². The van der Waals surface area contributed by atoms with E-state index in [0.717, 1.165) is 12.0 Å². The van der Waals surface area contributed by atoms with Gasteiger partial charge in [-0.2, -0.15) is 0 Å². The van der Waals surface area contributed by atoms with E-state index in [1.165, 1.54) is 7.11 Å². The van der Waals surface area contributed by atoms with E-state index in [9.17, 15) is 4.79 Å². The summed E-state index contributed by atoms with van der Waals surface area (Å²) in [5.74, 6) is -0.147. The zero-order valence-electron chi connectivity index (χ0n) is 10.4. The van der Waals surface area contributed by atoms with Gasteiger partial charge in [-0.25, -0.2) is 0 Å². The number of nitrogens with two attached hydrogens (primary N) is 1. The quantitative estimate of drug-likeness (QED) is 0.580. The Hall–Kier alpha value is -1.46. The minimum Gasteiger partial charge on any atom is -0.393 e. The molecule has 0 saturated heterocycles. The lowest BCUT2D eigenvalue weighted by Gasteiger charge is -2.15. The van der Waals surface area contributed by atoms with Crippen LogP contribution in [0.3, 0.4) is 0 Å². The molecular weight excluding hydrogens is 248 g/mol. The molecule has 4 nitrogen and oxygen atoms in total. The highest BCUT2D eigenvalue weighted by Crippen LogP contribution is 2.15. The maximum atomic E-state index is 11.9. The predicted octanol–water partition coefficient (Wildman–Crippen LogP) is 1.56. The van der Waals surface area contributed by atoms with Gasteiger partial charge in [0.25, 0.3) is 5.91 Å². The second kappa shape index (κ2) is 7.79. The van der Waals surface area contributed by atoms with Gasteiger partial charge in [0, 0.05) is 13.7 Å². The molecule has 5 heteroatoms. The summed E-state index contributed by atoms with van der Waals surface area (Å²) in [6.07, 6.45) is 0.807. The number of carbonyl (C=O) groups excluding carboxylic acids is 1. The van der Waals surface area contributed by atoms with E-state index in [-0.39, 0.29) is 5.91 Å². The molecule has 0 saturated carbocycles. The summed E-state index contributed by atoms with van der Waals surface area (Å²) in [5, 5.41) is 2.81. The van der Waals surface area contributed by atoms with Crippen molar-refractivity contribution in [1.29, 1.82) is 0 Å². The van der Waals surface area contributed by atoms with Crippen molar-refractivity contribution in [2.75, 3.05) is 13.7 Å². The Morgan fingerprint density at radius 1 is 1.44 bits per heavy atom. The van der Waals surface area contributed by atoms with Crippen molar-refractivity contribution in [1.82, 2.24) is 5.32 Å². The number of thiocarbonyl (C=S) groups is 1. The van der Waals surface area contributed by atoms with Crippen LogP contribution in [0.25, 0.3) is 0 Å². The second-order valence-electron chi connectivity index (χ2n) is 3.89. The summed E-state index contributed by atoms with van der Waals surface area (Å²) < 4.78 is 5.21. The van der Waals surface area contributed by atoms with Crippen molar-refractivity contribution in [2.24, 2.45) is 5.73 Å². The molecule has 0 aliphatic carbocycles. The zero-order valence-corrected chi connectivity index (χ0v) is 11.2. The SMILES string of the molecule is COC(C(=O)NCCCC(N)=S)c1ccccc1. The molecule has 18 heavy (non-hydrogen) atoms. The molecule has 0 radical (unpaired) electrons. The standard InChI is InChI=1S/C13H18N2O2S/c1-17-12(10-6-3-2-4-7-10)13(16)15-9-5-8-11(14)18/h2-4,6-7,12H,5,8-9H2,1H3,(H2,14,18)(H,15,16). The molecule has 1 aromatic carbocycles. The van der Waals surface area contributed by atoms with E-state index in [0.29, 0.717) is 18.0 Å². The van der Waals surface area contributed by atoms with Gasteiger partial charge < -0.3 is 15.8 Å². The molecule has 0 aliphatic rings. The lowest BCUT2D eigenvalue weighted by atomic mass is 10.1. The molecule has 0 aliphatic heterocycles. The normalized spacial score (nSPS) is 11.8. The van der Waals surface area contributed by atoms with Crippen molar-refractivity contribution < 1.29 is 9.53 Å². The van der Waals surface area contributed by atoms with Gasteiger partial charge in [0.05, 0.1) is 4.99 Å². The number of rotatable bonds is 7. The summed E-state index contributed by atoms with van der Waals surface area (Å²) in [6, 6.07) is 9.38. The molecule has 98 valence electrons. The van der Waals surface area contributed by atoms with Gasteiger partial charge in [0.1, 0.15) is 0 Å². The number of hydrogen-bond acceptors (Lipinski definition) is 3. The summed E-state index contributed by atoms with van der Waals surface area (Å²) in [6.45, 7) is 0.545. The van der Waals surface area contributed by atoms with Gasteiger partial charge in [-0.1, -0.05) is 42.5 Å². The lowest BCUT2D eigenvalue weighted by Crippen LogP contribution is -2.31. The Morgan fingerprint density at radius 2 is 2.11 bits per heavy atom. The Morgan fingerprint density at radius 3 is 2.67 bits per heavy atom. The molecule has 1 amide bonds. The minimum atomic E-state index is -0.573. The van der Waals surface area contributed by atoms with Crippen LogP contribution in [0, 0.1) is 0 Å². The van der Waals surface area contributed by atoms with Crippen LogP contribution in [0.1, 0.15) is 24.5 Å². The maximum absolute atomic E-state index is 11.9. The lowest BCUT2D eigenvalue weighted by molar-refractivity contribution is -0.131. The molecule has 3 N–H and O–H groups in total. The Balaban J connectivity index is 2.46. The van der Waals surface area contributed by atoms with Crippen LogP contribution in [-0.2, 0) is 9.53 Å². The van der Waals surface area contributed by atoms with Crippen LogP contribution < -0.4 is 11.1 Å². The number of methoxy groups -OCH3 is 1. The average molecular weight is 266 g/mol. The molecule has 0 fully saturated rings. The number of ether oxygens (including phenoxy) is 1. The molecule has 1 rings (SSSR count). The highest BCUT2D eigenvalue weighted by molar-refractivity contribution is 7.80. The number of hydrogen-bond donors (Lipinski definition) is 2. The van der Waals surface area contributed by atoms with Crippen LogP contribution in [-0.4, -0.2) is 24.6 Å². The number of benzene rings is 1. The third kappa shape index (κ3) is 4.81. The van der Waals surface area contributed by atoms with Crippen LogP contribution in [0.5, 0.6) is 0 Å². The molecule has 0 spiro atoms. The largest absolute Gasteiger partial charge is 0.393 e. The van der Waals surface area contributed by atoms with E-state index < -0.39 is 6.10 Å². The van der Waals surface area contributed by atoms with Crippen molar-refractivity contribution in [3.63, 3.8) is 0 Å². The monoisotopic (exact) mass is 266 g/mol. The third-order valence-corrected chi connectivity index (χ3v) is 2.68. The van der Waals surface area contributed by atoms with E-state index in [4.69, 9.17) is 22.7 Å². The number of nitrogens with one attached hydrogen (secondary N) is 1. The Bertz CT molecular complexity index is 395. The van der Waals surface area contributed by atoms with Gasteiger partial charge in [0.2, 0.25) is 0 Å². The Labute approximate surface area is 113 Å². The molecule has 0 heterocycles. The summed E-state index contributed by atoms with van der Waals surface area (Å²) >= 11 is 4.77. The first-order chi connectivity index (χ1) is 8.65. The summed E-state index contributed by atoms with van der Waals surface area (Å²) in [4.78, 5) is 12.4. The van der Waals surface area contributed by atoms with Crippen molar-refractivity contribution in [2.45, 2.75) is 18.9 Å². The number of carbonyl (C=O) groups is 1. The fourth-order valence-corrected chi connectivity index (χ4v) is 1.73. The fraction of sp³-hybridized carbons (Fsp3) is 0.385. The molecule has 1 atom stereocenters. The zero-order chi connectivity index (χ0) is 13.4. The number of amides is 1. The first-order valence-electron chi connectivity index (χ1n) is 5.79. The van der Waals surface area contributed by atoms with Crippen molar-refractivity contribution in [3.8, 4) is 0 Å². The van der Waals surface area contributed by atoms with Gasteiger partial charge in [0.15, 0.2) is 6.10 Å². The first-order valence-corrected chi connectivity index (χ1v) is 6.19. The predicted molar refractivity (Wildman–Crippen MR) is 75.2 cm³/mol. The van der Waals surface area contributed by atoms with E-state index in [1.54, 1.807) is 0 Å². The summed E-state index contributed by atoms with van der Waals surface area (Å²) in [5.41, 5.74) is 6.22. The van der Waals surface area contributed by atoms with Gasteiger partial charge in [-0.15, -0.1) is 0 Å². The van der Waals surface area contributed by atoms with E-state index in [2.05, 4.69) is 5.32 Å². The second-order valence-corrected chi connectivity index (χ2v) is 4.41. The summed E-state index contributed by atoms with van der Waals surface area (Å²) in [7, 11) is 1.52. The van der Waals surface area contributed by atoms with Crippen molar-refractivity contribution in [3.05, 3.63) is 35.9 Å². The smallest absolute Gasteiger partial charge is 0.253 e. The average Bonchev–Trinajstić information content (AvgIpc) is 2.36. The van der Waals surface area contributed by atoms with E-state index >= 15 is 0 Å². The highest BCUT2D eigenvalue weighted by atomic mass is 32.1. The molecule has 0 bridgehead atoms. The fourth-order valence-electron chi connectivity index (χ4n) is 1.59. The minimum absolute atomic E-state index is 0.147. The van der Waals surface area contributed by atoms with Crippen LogP contribution in [0.2, 0.25) is 0 Å². The topological polar surface area (TPSA) is 64.3 Å². The molecule has 0 aromatic heterocycles. The highest BCUT2D eigenvalue weighted by Gasteiger charge is 2.18. The molecular formula is C13H18N2O2S.